The molecule has 0 aliphatic rings. The Hall–Kier alpha value is -2.27. The number of halogens is 1. The maximum absolute atomic E-state index is 14.2. The highest BCUT2D eigenvalue weighted by Crippen LogP contribution is 2.20. The van der Waals surface area contributed by atoms with Gasteiger partial charge in [-0.3, -0.25) is 9.78 Å². The maximum atomic E-state index is 14.2. The van der Waals surface area contributed by atoms with Crippen molar-refractivity contribution in [1.82, 2.24) is 10.3 Å². The SMILES string of the molecule is CNC(=O)c1ccc(Cc2ccc(CCN)c(F)c2C)cn1. The minimum absolute atomic E-state index is 0.183. The van der Waals surface area contributed by atoms with Gasteiger partial charge in [0, 0.05) is 13.2 Å². The van der Waals surface area contributed by atoms with Gasteiger partial charge in [0.05, 0.1) is 0 Å². The number of hydrogen-bond acceptors (Lipinski definition) is 3. The molecule has 116 valence electrons. The van der Waals surface area contributed by atoms with E-state index >= 15 is 0 Å². The number of pyridine rings is 1. The van der Waals surface area contributed by atoms with Crippen LogP contribution in [0.25, 0.3) is 0 Å². The zero-order chi connectivity index (χ0) is 16.1. The second-order valence-corrected chi connectivity index (χ2v) is 5.17. The Balaban J connectivity index is 2.20. The van der Waals surface area contributed by atoms with Crippen LogP contribution >= 0.6 is 0 Å². The Labute approximate surface area is 129 Å². The number of hydrogen-bond donors (Lipinski definition) is 2. The molecule has 4 nitrogen and oxygen atoms in total. The maximum Gasteiger partial charge on any atom is 0.269 e. The molecule has 3 N–H and O–H groups in total. The molecule has 0 unspecified atom stereocenters. The monoisotopic (exact) mass is 301 g/mol. The van der Waals surface area contributed by atoms with Crippen LogP contribution in [0.3, 0.4) is 0 Å². The number of amides is 1. The van der Waals surface area contributed by atoms with Gasteiger partial charge in [0.15, 0.2) is 0 Å². The van der Waals surface area contributed by atoms with E-state index in [0.717, 1.165) is 11.1 Å². The summed E-state index contributed by atoms with van der Waals surface area (Å²) in [6.45, 7) is 2.21. The predicted molar refractivity (Wildman–Crippen MR) is 84.3 cm³/mol. The Morgan fingerprint density at radius 3 is 2.59 bits per heavy atom. The quantitative estimate of drug-likeness (QED) is 0.887. The van der Waals surface area contributed by atoms with Crippen LogP contribution in [0.2, 0.25) is 0 Å². The van der Waals surface area contributed by atoms with Crippen LogP contribution in [-0.2, 0) is 12.8 Å². The van der Waals surface area contributed by atoms with E-state index in [2.05, 4.69) is 10.3 Å². The van der Waals surface area contributed by atoms with E-state index in [4.69, 9.17) is 5.73 Å². The van der Waals surface area contributed by atoms with E-state index in [1.807, 2.05) is 12.1 Å². The summed E-state index contributed by atoms with van der Waals surface area (Å²) in [4.78, 5) is 15.6. The highest BCUT2D eigenvalue weighted by Gasteiger charge is 2.10. The second kappa shape index (κ2) is 7.13. The van der Waals surface area contributed by atoms with Gasteiger partial charge in [-0.2, -0.15) is 0 Å². The lowest BCUT2D eigenvalue weighted by Crippen LogP contribution is -2.19. The van der Waals surface area contributed by atoms with Gasteiger partial charge < -0.3 is 11.1 Å². The summed E-state index contributed by atoms with van der Waals surface area (Å²) in [7, 11) is 1.56. The molecule has 1 aromatic carbocycles. The molecule has 2 rings (SSSR count). The van der Waals surface area contributed by atoms with E-state index in [9.17, 15) is 9.18 Å². The largest absolute Gasteiger partial charge is 0.354 e. The number of carbonyl (C=O) groups excluding carboxylic acids is 1. The van der Waals surface area contributed by atoms with Crippen molar-refractivity contribution in [1.29, 1.82) is 0 Å². The molecular formula is C17H20FN3O. The van der Waals surface area contributed by atoms with Gasteiger partial charge >= 0.3 is 0 Å². The number of aromatic nitrogens is 1. The average Bonchev–Trinajstić information content (AvgIpc) is 2.54. The van der Waals surface area contributed by atoms with Gasteiger partial charge in [0.25, 0.3) is 5.91 Å². The van der Waals surface area contributed by atoms with Crippen molar-refractivity contribution in [3.63, 3.8) is 0 Å². The molecule has 22 heavy (non-hydrogen) atoms. The standard InChI is InChI=1S/C17H20FN3O/c1-11-14(5-4-13(7-8-19)16(11)18)9-12-3-6-15(21-10-12)17(22)20-2/h3-6,10H,7-9,19H2,1-2H3,(H,20,22). The van der Waals surface area contributed by atoms with Crippen molar-refractivity contribution in [3.8, 4) is 0 Å². The van der Waals surface area contributed by atoms with Crippen LogP contribution in [0.4, 0.5) is 4.39 Å². The number of benzene rings is 1. The molecule has 0 radical (unpaired) electrons. The fourth-order valence-corrected chi connectivity index (χ4v) is 2.33. The highest BCUT2D eigenvalue weighted by molar-refractivity contribution is 5.91. The minimum atomic E-state index is -0.222. The topological polar surface area (TPSA) is 68.0 Å². The Morgan fingerprint density at radius 2 is 2.00 bits per heavy atom. The lowest BCUT2D eigenvalue weighted by molar-refractivity contribution is 0.0958. The summed E-state index contributed by atoms with van der Waals surface area (Å²) in [5.74, 6) is -0.405. The van der Waals surface area contributed by atoms with Crippen LogP contribution < -0.4 is 11.1 Å². The molecule has 1 heterocycles. The summed E-state index contributed by atoms with van der Waals surface area (Å²) < 4.78 is 14.2. The van der Waals surface area contributed by atoms with E-state index < -0.39 is 0 Å². The molecule has 0 fully saturated rings. The molecule has 2 aromatic rings. The van der Waals surface area contributed by atoms with E-state index in [1.165, 1.54) is 0 Å². The van der Waals surface area contributed by atoms with E-state index in [0.29, 0.717) is 36.2 Å². The fourth-order valence-electron chi connectivity index (χ4n) is 2.33. The number of nitrogens with zero attached hydrogens (tertiary/aromatic N) is 1. The highest BCUT2D eigenvalue weighted by atomic mass is 19.1. The van der Waals surface area contributed by atoms with Crippen molar-refractivity contribution in [2.75, 3.05) is 13.6 Å². The number of rotatable bonds is 5. The van der Waals surface area contributed by atoms with Gasteiger partial charge in [-0.25, -0.2) is 4.39 Å². The van der Waals surface area contributed by atoms with Crippen LogP contribution in [-0.4, -0.2) is 24.5 Å². The van der Waals surface area contributed by atoms with Crippen LogP contribution in [0, 0.1) is 12.7 Å². The minimum Gasteiger partial charge on any atom is -0.354 e. The molecule has 0 bridgehead atoms. The third kappa shape index (κ3) is 3.49. The van der Waals surface area contributed by atoms with Crippen LogP contribution in [0.5, 0.6) is 0 Å². The third-order valence-electron chi connectivity index (χ3n) is 3.67. The molecule has 1 amide bonds. The van der Waals surface area contributed by atoms with Crippen molar-refractivity contribution in [2.24, 2.45) is 5.73 Å². The van der Waals surface area contributed by atoms with Gasteiger partial charge in [0.1, 0.15) is 11.5 Å². The predicted octanol–water partition coefficient (Wildman–Crippen LogP) is 1.98. The zero-order valence-corrected chi connectivity index (χ0v) is 12.8. The van der Waals surface area contributed by atoms with Gasteiger partial charge in [0.2, 0.25) is 0 Å². The molecular weight excluding hydrogens is 281 g/mol. The normalized spacial score (nSPS) is 10.5. The van der Waals surface area contributed by atoms with Crippen LogP contribution in [0.1, 0.15) is 32.7 Å². The van der Waals surface area contributed by atoms with Crippen molar-refractivity contribution >= 4 is 5.91 Å². The summed E-state index contributed by atoms with van der Waals surface area (Å²) in [6, 6.07) is 7.22. The number of carbonyl (C=O) groups is 1. The average molecular weight is 301 g/mol. The smallest absolute Gasteiger partial charge is 0.269 e. The first-order chi connectivity index (χ1) is 10.6. The van der Waals surface area contributed by atoms with Gasteiger partial charge in [-0.05, 0) is 54.6 Å². The number of nitrogens with one attached hydrogen (secondary N) is 1. The van der Waals surface area contributed by atoms with Gasteiger partial charge in [-0.1, -0.05) is 18.2 Å². The summed E-state index contributed by atoms with van der Waals surface area (Å²) in [5.41, 5.74) is 8.98. The molecule has 0 spiro atoms. The Morgan fingerprint density at radius 1 is 1.27 bits per heavy atom. The van der Waals surface area contributed by atoms with Crippen LogP contribution in [0.15, 0.2) is 30.5 Å². The lowest BCUT2D eigenvalue weighted by atomic mass is 9.97. The lowest BCUT2D eigenvalue weighted by Gasteiger charge is -2.11. The van der Waals surface area contributed by atoms with Crippen molar-refractivity contribution in [3.05, 3.63) is 64.2 Å². The molecule has 0 aliphatic heterocycles. The first-order valence-electron chi connectivity index (χ1n) is 7.20. The number of nitrogens with two attached hydrogens (primary N) is 1. The van der Waals surface area contributed by atoms with Crippen molar-refractivity contribution < 1.29 is 9.18 Å². The molecule has 1 aromatic heterocycles. The summed E-state index contributed by atoms with van der Waals surface area (Å²) in [6.07, 6.45) is 2.76. The molecule has 0 aliphatic carbocycles. The molecule has 0 saturated carbocycles. The van der Waals surface area contributed by atoms with Crippen molar-refractivity contribution in [2.45, 2.75) is 19.8 Å². The molecule has 0 atom stereocenters. The Bertz CT molecular complexity index is 668. The molecule has 5 heteroatoms. The van der Waals surface area contributed by atoms with E-state index in [1.54, 1.807) is 32.3 Å². The second-order valence-electron chi connectivity index (χ2n) is 5.17. The Kier molecular flexibility index (Phi) is 5.22. The summed E-state index contributed by atoms with van der Waals surface area (Å²) >= 11 is 0. The first kappa shape index (κ1) is 16.1. The molecule has 0 saturated heterocycles. The third-order valence-corrected chi connectivity index (χ3v) is 3.67. The fraction of sp³-hybridized carbons (Fsp3) is 0.294. The van der Waals surface area contributed by atoms with Gasteiger partial charge in [-0.15, -0.1) is 0 Å². The first-order valence-corrected chi connectivity index (χ1v) is 7.20. The zero-order valence-electron chi connectivity index (χ0n) is 12.8. The van der Waals surface area contributed by atoms with E-state index in [-0.39, 0.29) is 11.7 Å². The summed E-state index contributed by atoms with van der Waals surface area (Å²) in [5, 5.41) is 2.52.